The summed E-state index contributed by atoms with van der Waals surface area (Å²) in [7, 11) is 1.59. The summed E-state index contributed by atoms with van der Waals surface area (Å²) in [6.45, 7) is 1.96. The van der Waals surface area contributed by atoms with E-state index in [0.29, 0.717) is 5.75 Å². The maximum atomic E-state index is 11.7. The highest BCUT2D eigenvalue weighted by molar-refractivity contribution is 7.10. The Hall–Kier alpha value is -2.01. The van der Waals surface area contributed by atoms with E-state index in [1.165, 1.54) is 11.3 Å². The van der Waals surface area contributed by atoms with Crippen molar-refractivity contribution in [3.8, 4) is 5.75 Å². The Kier molecular flexibility index (Phi) is 4.06. The van der Waals surface area contributed by atoms with Gasteiger partial charge in [0.25, 0.3) is 0 Å². The SMILES string of the molecule is COc1ccccc1NC(C(N)=O)c1sccc1C. The van der Waals surface area contributed by atoms with Gasteiger partial charge in [0, 0.05) is 4.88 Å². The van der Waals surface area contributed by atoms with Gasteiger partial charge < -0.3 is 15.8 Å². The molecule has 1 amide bonds. The number of thiophene rings is 1. The molecule has 0 aliphatic heterocycles. The zero-order valence-electron chi connectivity index (χ0n) is 10.8. The minimum atomic E-state index is -0.545. The van der Waals surface area contributed by atoms with Gasteiger partial charge in [-0.2, -0.15) is 0 Å². The lowest BCUT2D eigenvalue weighted by Crippen LogP contribution is -2.27. The molecule has 1 unspecified atom stereocenters. The quantitative estimate of drug-likeness (QED) is 0.882. The molecule has 3 N–H and O–H groups in total. The maximum Gasteiger partial charge on any atom is 0.245 e. The van der Waals surface area contributed by atoms with Crippen LogP contribution in [-0.4, -0.2) is 13.0 Å². The van der Waals surface area contributed by atoms with E-state index in [2.05, 4.69) is 5.32 Å². The lowest BCUT2D eigenvalue weighted by Gasteiger charge is -2.18. The van der Waals surface area contributed by atoms with E-state index in [4.69, 9.17) is 10.5 Å². The Morgan fingerprint density at radius 1 is 1.37 bits per heavy atom. The van der Waals surface area contributed by atoms with E-state index in [1.54, 1.807) is 7.11 Å². The average Bonchev–Trinajstić information content (AvgIpc) is 2.82. The number of anilines is 1. The molecule has 1 atom stereocenters. The molecule has 0 bridgehead atoms. The number of ether oxygens (including phenoxy) is 1. The molecule has 100 valence electrons. The van der Waals surface area contributed by atoms with Crippen molar-refractivity contribution in [3.05, 3.63) is 46.2 Å². The first-order valence-corrected chi connectivity index (χ1v) is 6.74. The second kappa shape index (κ2) is 5.75. The van der Waals surface area contributed by atoms with Crippen LogP contribution in [0.2, 0.25) is 0 Å². The number of rotatable bonds is 5. The van der Waals surface area contributed by atoms with Crippen molar-refractivity contribution in [2.45, 2.75) is 13.0 Å². The fourth-order valence-corrected chi connectivity index (χ4v) is 2.85. The summed E-state index contributed by atoms with van der Waals surface area (Å²) < 4.78 is 5.26. The van der Waals surface area contributed by atoms with E-state index in [9.17, 15) is 4.79 Å². The molecule has 1 aromatic heterocycles. The van der Waals surface area contributed by atoms with E-state index in [0.717, 1.165) is 16.1 Å². The standard InChI is InChI=1S/C14H16N2O2S/c1-9-7-8-19-13(9)12(14(15)17)16-10-5-3-4-6-11(10)18-2/h3-8,12,16H,1-2H3,(H2,15,17). The molecular formula is C14H16N2O2S. The fraction of sp³-hybridized carbons (Fsp3) is 0.214. The van der Waals surface area contributed by atoms with Gasteiger partial charge in [-0.25, -0.2) is 0 Å². The molecule has 0 aliphatic rings. The first kappa shape index (κ1) is 13.4. The Bertz CT molecular complexity index is 580. The van der Waals surface area contributed by atoms with Gasteiger partial charge in [-0.1, -0.05) is 12.1 Å². The van der Waals surface area contributed by atoms with Crippen molar-refractivity contribution in [2.75, 3.05) is 12.4 Å². The van der Waals surface area contributed by atoms with Crippen LogP contribution in [0.1, 0.15) is 16.5 Å². The molecule has 0 saturated heterocycles. The lowest BCUT2D eigenvalue weighted by atomic mass is 10.1. The number of amides is 1. The van der Waals surface area contributed by atoms with E-state index < -0.39 is 11.9 Å². The molecule has 19 heavy (non-hydrogen) atoms. The minimum Gasteiger partial charge on any atom is -0.495 e. The fourth-order valence-electron chi connectivity index (χ4n) is 1.87. The van der Waals surface area contributed by atoms with Crippen molar-refractivity contribution in [1.82, 2.24) is 0 Å². The first-order chi connectivity index (χ1) is 9.13. The van der Waals surface area contributed by atoms with Gasteiger partial charge in [-0.3, -0.25) is 4.79 Å². The number of para-hydroxylation sites is 2. The predicted octanol–water partition coefficient (Wildman–Crippen LogP) is 2.70. The zero-order chi connectivity index (χ0) is 13.8. The summed E-state index contributed by atoms with van der Waals surface area (Å²) >= 11 is 1.51. The van der Waals surface area contributed by atoms with Crippen LogP contribution in [0.4, 0.5) is 5.69 Å². The monoisotopic (exact) mass is 276 g/mol. The number of benzene rings is 1. The topological polar surface area (TPSA) is 64.3 Å². The molecule has 2 aromatic rings. The van der Waals surface area contributed by atoms with E-state index in [1.807, 2.05) is 42.6 Å². The van der Waals surface area contributed by atoms with Gasteiger partial charge >= 0.3 is 0 Å². The van der Waals surface area contributed by atoms with Crippen molar-refractivity contribution >= 4 is 22.9 Å². The van der Waals surface area contributed by atoms with Crippen molar-refractivity contribution in [3.63, 3.8) is 0 Å². The van der Waals surface area contributed by atoms with Gasteiger partial charge in [0.2, 0.25) is 5.91 Å². The van der Waals surface area contributed by atoms with Gasteiger partial charge in [-0.15, -0.1) is 11.3 Å². The predicted molar refractivity (Wildman–Crippen MR) is 77.6 cm³/mol. The molecule has 1 aromatic carbocycles. The second-order valence-corrected chi connectivity index (χ2v) is 5.10. The highest BCUT2D eigenvalue weighted by Crippen LogP contribution is 2.31. The summed E-state index contributed by atoms with van der Waals surface area (Å²) in [6.07, 6.45) is 0. The molecule has 1 heterocycles. The Morgan fingerprint density at radius 2 is 2.11 bits per heavy atom. The van der Waals surface area contributed by atoms with Gasteiger partial charge in [-0.05, 0) is 36.1 Å². The van der Waals surface area contributed by atoms with Crippen molar-refractivity contribution in [1.29, 1.82) is 0 Å². The van der Waals surface area contributed by atoms with Crippen LogP contribution in [0.15, 0.2) is 35.7 Å². The maximum absolute atomic E-state index is 11.7. The summed E-state index contributed by atoms with van der Waals surface area (Å²) in [5, 5.41) is 5.10. The molecule has 4 nitrogen and oxygen atoms in total. The molecule has 0 aliphatic carbocycles. The number of methoxy groups -OCH3 is 1. The number of hydrogen-bond donors (Lipinski definition) is 2. The average molecular weight is 276 g/mol. The highest BCUT2D eigenvalue weighted by Gasteiger charge is 2.21. The Balaban J connectivity index is 2.32. The number of hydrogen-bond acceptors (Lipinski definition) is 4. The van der Waals surface area contributed by atoms with Crippen molar-refractivity contribution in [2.24, 2.45) is 5.73 Å². The smallest absolute Gasteiger partial charge is 0.245 e. The Morgan fingerprint density at radius 3 is 2.68 bits per heavy atom. The van der Waals surface area contributed by atoms with Gasteiger partial charge in [0.1, 0.15) is 11.8 Å². The zero-order valence-corrected chi connectivity index (χ0v) is 11.7. The first-order valence-electron chi connectivity index (χ1n) is 5.86. The third kappa shape index (κ3) is 2.88. The lowest BCUT2D eigenvalue weighted by molar-refractivity contribution is -0.118. The molecule has 2 rings (SSSR count). The third-order valence-electron chi connectivity index (χ3n) is 2.86. The van der Waals surface area contributed by atoms with Crippen molar-refractivity contribution < 1.29 is 9.53 Å². The normalized spacial score (nSPS) is 11.9. The van der Waals surface area contributed by atoms with Crippen LogP contribution >= 0.6 is 11.3 Å². The summed E-state index contributed by atoms with van der Waals surface area (Å²) in [6, 6.07) is 8.87. The molecule has 0 fully saturated rings. The van der Waals surface area contributed by atoms with Crippen LogP contribution in [0.5, 0.6) is 5.75 Å². The number of nitrogens with one attached hydrogen (secondary N) is 1. The summed E-state index contributed by atoms with van der Waals surface area (Å²) in [5.41, 5.74) is 7.30. The number of aryl methyl sites for hydroxylation is 1. The minimum absolute atomic E-state index is 0.406. The second-order valence-electron chi connectivity index (χ2n) is 4.15. The number of carbonyl (C=O) groups excluding carboxylic acids is 1. The number of carbonyl (C=O) groups is 1. The highest BCUT2D eigenvalue weighted by atomic mass is 32.1. The Labute approximate surface area is 116 Å². The van der Waals surface area contributed by atoms with Crippen LogP contribution in [0.25, 0.3) is 0 Å². The molecule has 0 spiro atoms. The van der Waals surface area contributed by atoms with E-state index in [-0.39, 0.29) is 0 Å². The number of primary amides is 1. The van der Waals surface area contributed by atoms with Crippen LogP contribution in [0.3, 0.4) is 0 Å². The van der Waals surface area contributed by atoms with E-state index >= 15 is 0 Å². The molecule has 0 radical (unpaired) electrons. The third-order valence-corrected chi connectivity index (χ3v) is 3.94. The van der Waals surface area contributed by atoms with Gasteiger partial charge in [0.15, 0.2) is 0 Å². The van der Waals surface area contributed by atoms with Crippen LogP contribution in [0, 0.1) is 6.92 Å². The largest absolute Gasteiger partial charge is 0.495 e. The molecule has 5 heteroatoms. The van der Waals surface area contributed by atoms with Gasteiger partial charge in [0.05, 0.1) is 12.8 Å². The summed E-state index contributed by atoms with van der Waals surface area (Å²) in [4.78, 5) is 12.6. The van der Waals surface area contributed by atoms with Crippen LogP contribution < -0.4 is 15.8 Å². The molecular weight excluding hydrogens is 260 g/mol. The molecule has 0 saturated carbocycles. The van der Waals surface area contributed by atoms with Crippen LogP contribution in [-0.2, 0) is 4.79 Å². The summed E-state index contributed by atoms with van der Waals surface area (Å²) in [5.74, 6) is 0.277. The number of nitrogens with two attached hydrogens (primary N) is 1.